The number of aromatic nitrogens is 2. The molecule has 7 N–H and O–H groups in total. The van der Waals surface area contributed by atoms with Crippen molar-refractivity contribution >= 4 is 39.6 Å². The summed E-state index contributed by atoms with van der Waals surface area (Å²) < 4.78 is 0. The van der Waals surface area contributed by atoms with E-state index in [0.29, 0.717) is 6.42 Å². The Morgan fingerprint density at radius 3 is 1.84 bits per heavy atom. The second-order valence-corrected chi connectivity index (χ2v) is 9.50. The molecule has 2 amide bonds. The molecule has 2 aromatic carbocycles. The molecule has 0 spiro atoms. The van der Waals surface area contributed by atoms with Gasteiger partial charge < -0.3 is 31.4 Å². The molecule has 0 aliphatic rings. The number of aromatic amines is 2. The average Bonchev–Trinajstić information content (AvgIpc) is 3.51. The van der Waals surface area contributed by atoms with Crippen molar-refractivity contribution in [2.24, 2.45) is 11.7 Å². The second-order valence-electron chi connectivity index (χ2n) is 9.50. The van der Waals surface area contributed by atoms with E-state index in [2.05, 4.69) is 20.6 Å². The van der Waals surface area contributed by atoms with Gasteiger partial charge in [-0.15, -0.1) is 0 Å². The maximum atomic E-state index is 13.5. The third-order valence-corrected chi connectivity index (χ3v) is 7.01. The zero-order valence-electron chi connectivity index (χ0n) is 21.0. The lowest BCUT2D eigenvalue weighted by atomic mass is 9.98. The molecule has 9 heteroatoms. The summed E-state index contributed by atoms with van der Waals surface area (Å²) in [7, 11) is 0. The van der Waals surface area contributed by atoms with E-state index in [1.54, 1.807) is 12.4 Å². The van der Waals surface area contributed by atoms with Crippen molar-refractivity contribution in [1.82, 2.24) is 20.6 Å². The highest BCUT2D eigenvalue weighted by atomic mass is 16.4. The number of rotatable bonds is 11. The lowest BCUT2D eigenvalue weighted by molar-refractivity contribution is -0.142. The number of carboxylic acid groups (broad SMARTS) is 1. The Kier molecular flexibility index (Phi) is 7.93. The van der Waals surface area contributed by atoms with Gasteiger partial charge in [0.2, 0.25) is 11.8 Å². The van der Waals surface area contributed by atoms with E-state index in [1.807, 2.05) is 62.4 Å². The SMILES string of the molecule is CCC(C)C(N)C(=O)NC(Cc1c[nH]c2ccccc12)C(=O)NC(Cc1c[nH]c2ccccc12)C(=O)O. The summed E-state index contributed by atoms with van der Waals surface area (Å²) in [5.41, 5.74) is 9.53. The predicted octanol–water partition coefficient (Wildman–Crippen LogP) is 2.86. The molecule has 0 fully saturated rings. The summed E-state index contributed by atoms with van der Waals surface area (Å²) in [5.74, 6) is -2.27. The van der Waals surface area contributed by atoms with E-state index >= 15 is 0 Å². The van der Waals surface area contributed by atoms with Crippen LogP contribution in [0.5, 0.6) is 0 Å². The van der Waals surface area contributed by atoms with Crippen molar-refractivity contribution in [2.45, 2.75) is 51.2 Å². The smallest absolute Gasteiger partial charge is 0.326 e. The number of hydrogen-bond acceptors (Lipinski definition) is 4. The summed E-state index contributed by atoms with van der Waals surface area (Å²) >= 11 is 0. The van der Waals surface area contributed by atoms with Crippen LogP contribution < -0.4 is 16.4 Å². The van der Waals surface area contributed by atoms with Crippen LogP contribution in [0.3, 0.4) is 0 Å². The minimum Gasteiger partial charge on any atom is -0.480 e. The van der Waals surface area contributed by atoms with Crippen LogP contribution in [0.1, 0.15) is 31.4 Å². The number of benzene rings is 2. The van der Waals surface area contributed by atoms with E-state index in [1.165, 1.54) is 0 Å². The first-order valence-electron chi connectivity index (χ1n) is 12.5. The van der Waals surface area contributed by atoms with Crippen LogP contribution in [-0.4, -0.2) is 51.0 Å². The first-order valence-corrected chi connectivity index (χ1v) is 12.5. The van der Waals surface area contributed by atoms with Crippen LogP contribution in [0, 0.1) is 5.92 Å². The highest BCUT2D eigenvalue weighted by molar-refractivity contribution is 5.93. The molecule has 0 saturated heterocycles. The highest BCUT2D eigenvalue weighted by Gasteiger charge is 2.30. The normalized spacial score (nSPS) is 14.7. The number of para-hydroxylation sites is 2. The summed E-state index contributed by atoms with van der Waals surface area (Å²) in [6.07, 6.45) is 4.52. The maximum absolute atomic E-state index is 13.5. The molecule has 194 valence electrons. The molecular formula is C28H33N5O4. The number of nitrogens with one attached hydrogen (secondary N) is 4. The van der Waals surface area contributed by atoms with Gasteiger partial charge >= 0.3 is 5.97 Å². The number of amides is 2. The monoisotopic (exact) mass is 503 g/mol. The molecule has 4 rings (SSSR count). The van der Waals surface area contributed by atoms with Gasteiger partial charge in [-0.3, -0.25) is 9.59 Å². The largest absolute Gasteiger partial charge is 0.480 e. The molecule has 0 radical (unpaired) electrons. The number of H-pyrrole nitrogens is 2. The molecule has 9 nitrogen and oxygen atoms in total. The molecule has 4 unspecified atom stereocenters. The van der Waals surface area contributed by atoms with Crippen molar-refractivity contribution in [3.8, 4) is 0 Å². The molecular weight excluding hydrogens is 470 g/mol. The minimum atomic E-state index is -1.18. The van der Waals surface area contributed by atoms with Crippen LogP contribution in [0.4, 0.5) is 0 Å². The first kappa shape index (κ1) is 26.0. The maximum Gasteiger partial charge on any atom is 0.326 e. The molecule has 37 heavy (non-hydrogen) atoms. The fraction of sp³-hybridized carbons (Fsp3) is 0.321. The average molecular weight is 504 g/mol. The third-order valence-electron chi connectivity index (χ3n) is 7.01. The number of fused-ring (bicyclic) bond motifs is 2. The molecule has 4 aromatic rings. The summed E-state index contributed by atoms with van der Waals surface area (Å²) in [6, 6.07) is 12.2. The Bertz CT molecular complexity index is 1410. The van der Waals surface area contributed by atoms with Crippen LogP contribution in [0.25, 0.3) is 21.8 Å². The number of carboxylic acids is 1. The highest BCUT2D eigenvalue weighted by Crippen LogP contribution is 2.21. The second kappa shape index (κ2) is 11.3. The Labute approximate surface area is 214 Å². The van der Waals surface area contributed by atoms with Crippen LogP contribution >= 0.6 is 0 Å². The van der Waals surface area contributed by atoms with Gasteiger partial charge in [0, 0.05) is 47.0 Å². The van der Waals surface area contributed by atoms with Gasteiger partial charge in [-0.2, -0.15) is 0 Å². The van der Waals surface area contributed by atoms with Gasteiger partial charge in [-0.05, 0) is 29.2 Å². The molecule has 0 aliphatic carbocycles. The quantitative estimate of drug-likeness (QED) is 0.186. The fourth-order valence-corrected chi connectivity index (χ4v) is 4.50. The Morgan fingerprint density at radius 1 is 0.838 bits per heavy atom. The van der Waals surface area contributed by atoms with E-state index in [9.17, 15) is 19.5 Å². The first-order chi connectivity index (χ1) is 17.8. The summed E-state index contributed by atoms with van der Waals surface area (Å²) in [5, 5.41) is 17.2. The Hall–Kier alpha value is -4.11. The number of nitrogens with two attached hydrogens (primary N) is 1. The van der Waals surface area contributed by atoms with Gasteiger partial charge in [0.25, 0.3) is 0 Å². The van der Waals surface area contributed by atoms with Crippen molar-refractivity contribution in [2.75, 3.05) is 0 Å². The summed E-state index contributed by atoms with van der Waals surface area (Å²) in [6.45, 7) is 3.82. The summed E-state index contributed by atoms with van der Waals surface area (Å²) in [4.78, 5) is 44.8. The zero-order chi connectivity index (χ0) is 26.5. The lowest BCUT2D eigenvalue weighted by Crippen LogP contribution is -2.56. The van der Waals surface area contributed by atoms with Gasteiger partial charge in [0.05, 0.1) is 6.04 Å². The van der Waals surface area contributed by atoms with Gasteiger partial charge in [-0.1, -0.05) is 56.7 Å². The minimum absolute atomic E-state index is 0.0783. The number of carbonyl (C=O) groups excluding carboxylic acids is 2. The van der Waals surface area contributed by atoms with E-state index in [-0.39, 0.29) is 18.8 Å². The van der Waals surface area contributed by atoms with E-state index in [4.69, 9.17) is 5.73 Å². The van der Waals surface area contributed by atoms with Crippen LogP contribution in [0.15, 0.2) is 60.9 Å². The molecule has 0 saturated carbocycles. The topological polar surface area (TPSA) is 153 Å². The predicted molar refractivity (Wildman–Crippen MR) is 143 cm³/mol. The molecule has 0 bridgehead atoms. The van der Waals surface area contributed by atoms with Crippen molar-refractivity contribution < 1.29 is 19.5 Å². The zero-order valence-corrected chi connectivity index (χ0v) is 21.0. The number of hydrogen-bond donors (Lipinski definition) is 6. The van der Waals surface area contributed by atoms with Gasteiger partial charge in [0.15, 0.2) is 0 Å². The molecule has 4 atom stereocenters. The molecule has 0 aliphatic heterocycles. The standard InChI is InChI=1S/C28H33N5O4/c1-3-16(2)25(29)27(35)32-23(12-17-14-30-21-10-6-4-8-19(17)21)26(34)33-24(28(36)37)13-18-15-31-22-11-7-5-9-20(18)22/h4-11,14-16,23-25,30-31H,3,12-13,29H2,1-2H3,(H,32,35)(H,33,34)(H,36,37). The lowest BCUT2D eigenvalue weighted by Gasteiger charge is -2.24. The number of carbonyl (C=O) groups is 3. The van der Waals surface area contributed by atoms with Crippen molar-refractivity contribution in [3.63, 3.8) is 0 Å². The van der Waals surface area contributed by atoms with E-state index in [0.717, 1.165) is 32.9 Å². The Balaban J connectivity index is 1.57. The third kappa shape index (κ3) is 5.83. The van der Waals surface area contributed by atoms with Crippen molar-refractivity contribution in [1.29, 1.82) is 0 Å². The number of aliphatic carboxylic acids is 1. The molecule has 2 aromatic heterocycles. The van der Waals surface area contributed by atoms with Gasteiger partial charge in [0.1, 0.15) is 12.1 Å². The fourth-order valence-electron chi connectivity index (χ4n) is 4.50. The van der Waals surface area contributed by atoms with Gasteiger partial charge in [-0.25, -0.2) is 4.79 Å². The van der Waals surface area contributed by atoms with Crippen LogP contribution in [-0.2, 0) is 27.2 Å². The van der Waals surface area contributed by atoms with Crippen LogP contribution in [0.2, 0.25) is 0 Å². The van der Waals surface area contributed by atoms with E-state index < -0.39 is 35.9 Å². The Morgan fingerprint density at radius 2 is 1.32 bits per heavy atom. The van der Waals surface area contributed by atoms with Crippen molar-refractivity contribution in [3.05, 3.63) is 72.1 Å². The molecule has 2 heterocycles.